The third kappa shape index (κ3) is 9.78. The molecule has 2 aromatic heterocycles. The van der Waals surface area contributed by atoms with Crippen LogP contribution < -0.4 is 26.8 Å². The highest BCUT2D eigenvalue weighted by molar-refractivity contribution is 7.99. The van der Waals surface area contributed by atoms with Crippen LogP contribution in [-0.2, 0) is 53.2 Å². The number of nitrogens with zero attached hydrogens (tertiary/aromatic N) is 2. The number of hydrogen-bond acceptors (Lipinski definition) is 12. The summed E-state index contributed by atoms with van der Waals surface area (Å²) < 4.78 is 21.6. The number of aromatic nitrogens is 2. The van der Waals surface area contributed by atoms with Gasteiger partial charge in [-0.25, -0.2) is 14.2 Å². The quantitative estimate of drug-likeness (QED) is 0.0373. The van der Waals surface area contributed by atoms with E-state index >= 15 is 0 Å². The number of ether oxygens (including phenoxy) is 1. The highest BCUT2D eigenvalue weighted by Gasteiger charge is 2.45. The van der Waals surface area contributed by atoms with Crippen molar-refractivity contribution < 1.29 is 38.2 Å². The van der Waals surface area contributed by atoms with Crippen molar-refractivity contribution in [2.45, 2.75) is 103 Å². The predicted octanol–water partition coefficient (Wildman–Crippen LogP) is 3.18. The number of esters is 1. The first-order valence-electron chi connectivity index (χ1n) is 18.8. The summed E-state index contributed by atoms with van der Waals surface area (Å²) in [5, 5.41) is 22.6. The van der Waals surface area contributed by atoms with Crippen molar-refractivity contribution in [2.24, 2.45) is 0 Å². The van der Waals surface area contributed by atoms with Gasteiger partial charge in [-0.05, 0) is 87.5 Å². The molecule has 4 heterocycles. The Morgan fingerprint density at radius 3 is 2.33 bits per heavy atom. The molecule has 0 fully saturated rings. The van der Waals surface area contributed by atoms with E-state index in [1.165, 1.54) is 31.7 Å². The summed E-state index contributed by atoms with van der Waals surface area (Å²) in [5.41, 5.74) is 1.81. The summed E-state index contributed by atoms with van der Waals surface area (Å²) in [5.74, 6) is 0.0507. The molecule has 5 N–H and O–H groups in total. The summed E-state index contributed by atoms with van der Waals surface area (Å²) in [6, 6.07) is 2.22. The molecule has 0 saturated carbocycles. The van der Waals surface area contributed by atoms with Crippen molar-refractivity contribution in [3.63, 3.8) is 0 Å². The summed E-state index contributed by atoms with van der Waals surface area (Å²) in [7, 11) is 0. The molecule has 308 valence electrons. The summed E-state index contributed by atoms with van der Waals surface area (Å²) in [6.07, 6.45) is 1.67. The van der Waals surface area contributed by atoms with E-state index in [0.717, 1.165) is 34.4 Å². The Bertz CT molecular complexity index is 2130. The Hall–Kier alpha value is -4.13. The molecule has 4 amide bonds. The number of hydrogen-bond donors (Lipinski definition) is 6. The molecule has 2 aliphatic rings. The minimum absolute atomic E-state index is 0.0253. The van der Waals surface area contributed by atoms with Crippen LogP contribution in [0.5, 0.6) is 0 Å². The second kappa shape index (κ2) is 19.1. The molecule has 4 atom stereocenters. The fourth-order valence-corrected chi connectivity index (χ4v) is 8.77. The number of aryl methyl sites for hydroxylation is 1. The molecule has 2 aliphatic heterocycles. The molecule has 0 bridgehead atoms. The number of pyridine rings is 2. The largest absolute Gasteiger partial charge is 0.458 e. The van der Waals surface area contributed by atoms with Gasteiger partial charge in [0.05, 0.1) is 34.9 Å². The SMILES string of the molecule is CCC1(O)C(=O)OCc2c1cc1n(c2=O)Cc2c-1nc1cc(F)c(C)cc1c2CSCCCSCNC(=O)[C@H](C)NC(=O)[C@@H](C)NC(=O)[C@H](C)NC(=O)CCCS. The van der Waals surface area contributed by atoms with Crippen molar-refractivity contribution in [2.75, 3.05) is 23.1 Å². The fourth-order valence-electron chi connectivity index (χ4n) is 6.67. The van der Waals surface area contributed by atoms with Gasteiger partial charge < -0.3 is 35.7 Å². The molecule has 0 saturated heterocycles. The number of benzene rings is 1. The Balaban J connectivity index is 1.12. The molecular formula is C39H49FN6O8S3. The van der Waals surface area contributed by atoms with E-state index in [1.54, 1.807) is 49.2 Å². The molecular weight excluding hydrogens is 796 g/mol. The van der Waals surface area contributed by atoms with Gasteiger partial charge in [0.25, 0.3) is 5.56 Å². The highest BCUT2D eigenvalue weighted by atomic mass is 32.2. The third-order valence-electron chi connectivity index (χ3n) is 10.1. The molecule has 0 aliphatic carbocycles. The number of carbonyl (C=O) groups excluding carboxylic acids is 5. The molecule has 14 nitrogen and oxygen atoms in total. The van der Waals surface area contributed by atoms with Gasteiger partial charge in [0.2, 0.25) is 23.6 Å². The van der Waals surface area contributed by atoms with Gasteiger partial charge in [-0.2, -0.15) is 24.4 Å². The fraction of sp³-hybridized carbons (Fsp3) is 0.513. The van der Waals surface area contributed by atoms with Gasteiger partial charge in [-0.3, -0.25) is 24.0 Å². The second-order valence-corrected chi connectivity index (χ2v) is 16.9. The van der Waals surface area contributed by atoms with E-state index in [0.29, 0.717) is 46.3 Å². The van der Waals surface area contributed by atoms with Gasteiger partial charge in [0.15, 0.2) is 5.60 Å². The third-order valence-corrected chi connectivity index (χ3v) is 12.4. The normalized spacial score (nSPS) is 17.1. The van der Waals surface area contributed by atoms with E-state index in [-0.39, 0.29) is 54.5 Å². The Labute approximate surface area is 344 Å². The number of amides is 4. The molecule has 0 spiro atoms. The van der Waals surface area contributed by atoms with E-state index in [4.69, 9.17) is 9.72 Å². The van der Waals surface area contributed by atoms with Crippen molar-refractivity contribution in [3.8, 4) is 11.4 Å². The van der Waals surface area contributed by atoms with Crippen LogP contribution in [0.1, 0.15) is 81.2 Å². The number of aliphatic hydroxyl groups is 1. The number of carbonyl (C=O) groups is 5. The van der Waals surface area contributed by atoms with Gasteiger partial charge >= 0.3 is 5.97 Å². The number of fused-ring (bicyclic) bond motifs is 5. The van der Waals surface area contributed by atoms with Crippen LogP contribution in [0, 0.1) is 12.7 Å². The van der Waals surface area contributed by atoms with Gasteiger partial charge in [0, 0.05) is 34.8 Å². The average molecular weight is 845 g/mol. The van der Waals surface area contributed by atoms with E-state index in [2.05, 4.69) is 33.9 Å². The minimum Gasteiger partial charge on any atom is -0.458 e. The first-order chi connectivity index (χ1) is 27.1. The zero-order valence-electron chi connectivity index (χ0n) is 32.6. The molecule has 0 radical (unpaired) electrons. The lowest BCUT2D eigenvalue weighted by Crippen LogP contribution is -2.54. The monoisotopic (exact) mass is 844 g/mol. The first-order valence-corrected chi connectivity index (χ1v) is 21.8. The van der Waals surface area contributed by atoms with Crippen LogP contribution in [0.2, 0.25) is 0 Å². The van der Waals surface area contributed by atoms with Crippen LogP contribution in [0.25, 0.3) is 22.3 Å². The summed E-state index contributed by atoms with van der Waals surface area (Å²) >= 11 is 7.28. The number of thiol groups is 1. The summed E-state index contributed by atoms with van der Waals surface area (Å²) in [4.78, 5) is 80.7. The van der Waals surface area contributed by atoms with Gasteiger partial charge in [-0.15, -0.1) is 11.8 Å². The Morgan fingerprint density at radius 2 is 1.65 bits per heavy atom. The van der Waals surface area contributed by atoms with Crippen LogP contribution in [-0.4, -0.2) is 85.5 Å². The second-order valence-electron chi connectivity index (χ2n) is 14.2. The topological polar surface area (TPSA) is 198 Å². The van der Waals surface area contributed by atoms with Gasteiger partial charge in [-0.1, -0.05) is 6.92 Å². The smallest absolute Gasteiger partial charge is 0.343 e. The van der Waals surface area contributed by atoms with E-state index in [1.807, 2.05) is 0 Å². The lowest BCUT2D eigenvalue weighted by molar-refractivity contribution is -0.172. The Morgan fingerprint density at radius 1 is 0.982 bits per heavy atom. The number of nitrogens with one attached hydrogen (secondary N) is 4. The molecule has 57 heavy (non-hydrogen) atoms. The average Bonchev–Trinajstić information content (AvgIpc) is 3.55. The van der Waals surface area contributed by atoms with Crippen molar-refractivity contribution in [1.29, 1.82) is 0 Å². The lowest BCUT2D eigenvalue weighted by Gasteiger charge is -2.31. The van der Waals surface area contributed by atoms with Crippen LogP contribution >= 0.6 is 36.2 Å². The van der Waals surface area contributed by atoms with Crippen molar-refractivity contribution in [1.82, 2.24) is 30.8 Å². The molecule has 5 rings (SSSR count). The van der Waals surface area contributed by atoms with Crippen molar-refractivity contribution in [3.05, 3.63) is 62.2 Å². The zero-order chi connectivity index (χ0) is 41.6. The lowest BCUT2D eigenvalue weighted by atomic mass is 9.86. The number of halogens is 1. The van der Waals surface area contributed by atoms with Crippen LogP contribution in [0.4, 0.5) is 4.39 Å². The van der Waals surface area contributed by atoms with Crippen LogP contribution in [0.3, 0.4) is 0 Å². The summed E-state index contributed by atoms with van der Waals surface area (Å²) in [6.45, 7) is 7.91. The Kier molecular flexibility index (Phi) is 14.7. The zero-order valence-corrected chi connectivity index (χ0v) is 35.1. The number of cyclic esters (lactones) is 1. The maximum absolute atomic E-state index is 14.8. The molecule has 1 aromatic carbocycles. The van der Waals surface area contributed by atoms with E-state index in [9.17, 15) is 38.3 Å². The number of rotatable bonds is 18. The maximum atomic E-state index is 14.8. The number of thioether (sulfide) groups is 2. The molecule has 1 unspecified atom stereocenters. The van der Waals surface area contributed by atoms with Gasteiger partial charge in [0.1, 0.15) is 30.5 Å². The van der Waals surface area contributed by atoms with E-state index < -0.39 is 47.3 Å². The molecule has 3 aromatic rings. The minimum atomic E-state index is -1.95. The highest BCUT2D eigenvalue weighted by Crippen LogP contribution is 2.41. The molecule has 18 heteroatoms. The standard InChI is InChI=1S/C39H49FN6O8S3/c1-6-39(53)28-14-31-33-25(16-46(31)37(51)26(28)17-54-38(39)52)27(24-13-20(2)29(40)15-30(24)45-33)18-56-11-8-12-57-19-41-34(48)21(3)43-36(50)23(5)44-35(49)22(4)42-32(47)9-7-10-55/h13-15,21-23,53,55H,6-12,16-19H2,1-5H3,(H,41,48)(H,42,47)(H,43,50)(H,44,49)/t21-,22-,23+,39?/m0/s1. The van der Waals surface area contributed by atoms with Crippen molar-refractivity contribution >= 4 is 76.7 Å². The first kappa shape index (κ1) is 44.0. The maximum Gasteiger partial charge on any atom is 0.343 e. The van der Waals surface area contributed by atoms with Crippen LogP contribution in [0.15, 0.2) is 23.0 Å². The predicted molar refractivity (Wildman–Crippen MR) is 221 cm³/mol.